The zero-order valence-electron chi connectivity index (χ0n) is 34.4. The van der Waals surface area contributed by atoms with Gasteiger partial charge in [0.1, 0.15) is 0 Å². The fourth-order valence-electron chi connectivity index (χ4n) is 7.08. The van der Waals surface area contributed by atoms with E-state index in [-0.39, 0.29) is 29.7 Å². The lowest BCUT2D eigenvalue weighted by atomic mass is 9.96. The molecule has 0 atom stereocenters. The van der Waals surface area contributed by atoms with Crippen molar-refractivity contribution in [1.29, 1.82) is 0 Å². The van der Waals surface area contributed by atoms with E-state index in [2.05, 4.69) is 66.7 Å². The summed E-state index contributed by atoms with van der Waals surface area (Å²) in [6.07, 6.45) is 0. The predicted octanol–water partition coefficient (Wildman–Crippen LogP) is 13.9. The molecular weight excluding hydrogens is 687 g/mol. The quantitative estimate of drug-likeness (QED) is 0.164. The van der Waals surface area contributed by atoms with Crippen LogP contribution in [0, 0.1) is 0 Å². The Bertz CT molecular complexity index is 3130. The van der Waals surface area contributed by atoms with Crippen LogP contribution < -0.4 is 0 Å². The van der Waals surface area contributed by atoms with Gasteiger partial charge >= 0.3 is 0 Å². The predicted molar refractivity (Wildman–Crippen MR) is 231 cm³/mol. The Morgan fingerprint density at radius 2 is 0.818 bits per heavy atom. The van der Waals surface area contributed by atoms with Crippen LogP contribution in [0.3, 0.4) is 0 Å². The summed E-state index contributed by atoms with van der Waals surface area (Å²) in [5.74, 6) is 1.61. The van der Waals surface area contributed by atoms with Crippen molar-refractivity contribution in [3.8, 4) is 78.7 Å². The number of nitrogens with zero attached hydrogens (tertiary/aromatic N) is 3. The van der Waals surface area contributed by atoms with Gasteiger partial charge in [-0.05, 0) is 69.3 Å². The molecular formula is C51H33N3S. The van der Waals surface area contributed by atoms with E-state index in [1.165, 1.54) is 11.3 Å². The third kappa shape index (κ3) is 6.39. The normalized spacial score (nSPS) is 12.5. The standard InChI is InChI=1S/C51H33N3S/c1-5-15-34(16-6-1)38-23-13-25-40(29-38)49-52-50(41-26-14-24-39(30-41)35-17-7-2-8-18-35)54-51(53-49)42-27-28-44-46-32-43(36-19-9-3-10-20-36)31-45(37-21-11-4-12-22-37)48(46)55-47(44)33-42/h1-33H/i4D,11D,12D,21D,22D. The van der Waals surface area contributed by atoms with Gasteiger partial charge in [0.25, 0.3) is 0 Å². The Labute approximate surface area is 331 Å². The maximum Gasteiger partial charge on any atom is 0.164 e. The molecule has 0 aliphatic carbocycles. The Morgan fingerprint density at radius 1 is 0.345 bits per heavy atom. The average Bonchev–Trinajstić information content (AvgIpc) is 3.69. The largest absolute Gasteiger partial charge is 0.208 e. The van der Waals surface area contributed by atoms with Crippen molar-refractivity contribution in [2.75, 3.05) is 0 Å². The van der Waals surface area contributed by atoms with E-state index >= 15 is 0 Å². The average molecular weight is 725 g/mol. The first-order chi connectivity index (χ1) is 29.3. The van der Waals surface area contributed by atoms with Crippen molar-refractivity contribution in [2.24, 2.45) is 0 Å². The van der Waals surface area contributed by atoms with Crippen LogP contribution in [-0.4, -0.2) is 15.0 Å². The molecule has 0 amide bonds. The first kappa shape index (κ1) is 27.6. The summed E-state index contributed by atoms with van der Waals surface area (Å²) in [5.41, 5.74) is 9.43. The molecule has 10 aromatic rings. The van der Waals surface area contributed by atoms with Crippen LogP contribution in [-0.2, 0) is 0 Å². The molecule has 0 spiro atoms. The Morgan fingerprint density at radius 3 is 1.36 bits per heavy atom. The molecule has 2 heterocycles. The molecule has 0 aliphatic heterocycles. The molecule has 0 aliphatic rings. The highest BCUT2D eigenvalue weighted by Crippen LogP contribution is 2.44. The van der Waals surface area contributed by atoms with Gasteiger partial charge in [0, 0.05) is 42.4 Å². The van der Waals surface area contributed by atoms with Gasteiger partial charge < -0.3 is 0 Å². The molecule has 0 fully saturated rings. The first-order valence-electron chi connectivity index (χ1n) is 20.5. The second-order valence-corrected chi connectivity index (χ2v) is 14.3. The van der Waals surface area contributed by atoms with Crippen LogP contribution in [0.2, 0.25) is 0 Å². The molecule has 8 aromatic carbocycles. The molecule has 0 saturated carbocycles. The van der Waals surface area contributed by atoms with E-state index in [0.29, 0.717) is 23.0 Å². The van der Waals surface area contributed by atoms with Crippen LogP contribution in [0.4, 0.5) is 0 Å². The van der Waals surface area contributed by atoms with Gasteiger partial charge in [-0.1, -0.05) is 170 Å². The number of aromatic nitrogens is 3. The number of hydrogen-bond acceptors (Lipinski definition) is 4. The van der Waals surface area contributed by atoms with Crippen LogP contribution in [0.1, 0.15) is 6.85 Å². The van der Waals surface area contributed by atoms with Crippen molar-refractivity contribution in [3.05, 3.63) is 200 Å². The Kier molecular flexibility index (Phi) is 7.06. The monoisotopic (exact) mass is 724 g/mol. The third-order valence-electron chi connectivity index (χ3n) is 9.80. The maximum absolute atomic E-state index is 8.92. The second-order valence-electron chi connectivity index (χ2n) is 13.3. The first-order valence-corrected chi connectivity index (χ1v) is 18.8. The molecule has 10 rings (SSSR count). The summed E-state index contributed by atoms with van der Waals surface area (Å²) >= 11 is 1.52. The molecule has 2 aromatic heterocycles. The van der Waals surface area contributed by atoms with E-state index < -0.39 is 6.04 Å². The van der Waals surface area contributed by atoms with Gasteiger partial charge in [0.2, 0.25) is 0 Å². The summed E-state index contributed by atoms with van der Waals surface area (Å²) in [6, 6.07) is 55.5. The van der Waals surface area contributed by atoms with E-state index in [1.807, 2.05) is 103 Å². The minimum absolute atomic E-state index is 0.178. The molecule has 0 radical (unpaired) electrons. The van der Waals surface area contributed by atoms with Crippen molar-refractivity contribution in [3.63, 3.8) is 0 Å². The Hall–Kier alpha value is -7.01. The lowest BCUT2D eigenvalue weighted by Gasteiger charge is -2.11. The van der Waals surface area contributed by atoms with E-state index in [4.69, 9.17) is 21.8 Å². The number of benzene rings is 8. The minimum Gasteiger partial charge on any atom is -0.208 e. The molecule has 55 heavy (non-hydrogen) atoms. The minimum atomic E-state index is -0.417. The molecule has 258 valence electrons. The molecule has 0 bridgehead atoms. The van der Waals surface area contributed by atoms with Gasteiger partial charge in [-0.25, -0.2) is 15.0 Å². The highest BCUT2D eigenvalue weighted by Gasteiger charge is 2.17. The van der Waals surface area contributed by atoms with E-state index in [9.17, 15) is 0 Å². The van der Waals surface area contributed by atoms with Crippen LogP contribution in [0.25, 0.3) is 98.8 Å². The maximum atomic E-state index is 8.92. The SMILES string of the molecule is [2H]c1c([2H])c([2H])c(-c2cc(-c3ccccc3)cc3c2sc2cc(-c4nc(-c5cccc(-c6ccccc6)c5)nc(-c5cccc(-c6ccccc6)c5)n4)ccc23)c([2H])c1[2H]. The number of thiophene rings is 1. The van der Waals surface area contributed by atoms with Crippen molar-refractivity contribution in [2.45, 2.75) is 0 Å². The van der Waals surface area contributed by atoms with Crippen LogP contribution in [0.5, 0.6) is 0 Å². The van der Waals surface area contributed by atoms with Crippen molar-refractivity contribution in [1.82, 2.24) is 15.0 Å². The Balaban J connectivity index is 1.17. The highest BCUT2D eigenvalue weighted by atomic mass is 32.1. The summed E-state index contributed by atoms with van der Waals surface area (Å²) in [5, 5.41) is 1.91. The van der Waals surface area contributed by atoms with Crippen molar-refractivity contribution >= 4 is 31.5 Å². The molecule has 0 N–H and O–H groups in total. The van der Waals surface area contributed by atoms with Gasteiger partial charge in [-0.3, -0.25) is 0 Å². The molecule has 3 nitrogen and oxygen atoms in total. The van der Waals surface area contributed by atoms with Crippen LogP contribution in [0.15, 0.2) is 200 Å². The lowest BCUT2D eigenvalue weighted by molar-refractivity contribution is 1.07. The van der Waals surface area contributed by atoms with Gasteiger partial charge in [0.15, 0.2) is 17.5 Å². The molecule has 0 saturated heterocycles. The fourth-order valence-corrected chi connectivity index (χ4v) is 8.33. The summed E-state index contributed by atoms with van der Waals surface area (Å²) in [6.45, 7) is 0. The molecule has 0 unspecified atom stereocenters. The number of rotatable bonds is 7. The van der Waals surface area contributed by atoms with Gasteiger partial charge in [0.05, 0.1) is 6.85 Å². The lowest BCUT2D eigenvalue weighted by Crippen LogP contribution is -2.00. The summed E-state index contributed by atoms with van der Waals surface area (Å²) in [7, 11) is 0. The zero-order chi connectivity index (χ0) is 40.9. The summed E-state index contributed by atoms with van der Waals surface area (Å²) < 4.78 is 44.9. The van der Waals surface area contributed by atoms with Gasteiger partial charge in [-0.2, -0.15) is 0 Å². The molecule has 4 heteroatoms. The third-order valence-corrected chi connectivity index (χ3v) is 11.0. The fraction of sp³-hybridized carbons (Fsp3) is 0. The second kappa shape index (κ2) is 14.1. The highest BCUT2D eigenvalue weighted by molar-refractivity contribution is 7.26. The van der Waals surface area contributed by atoms with Crippen LogP contribution >= 0.6 is 11.3 Å². The summed E-state index contributed by atoms with van der Waals surface area (Å²) in [4.78, 5) is 15.3. The van der Waals surface area contributed by atoms with Crippen molar-refractivity contribution < 1.29 is 6.85 Å². The van der Waals surface area contributed by atoms with E-state index in [1.54, 1.807) is 0 Å². The topological polar surface area (TPSA) is 38.7 Å². The van der Waals surface area contributed by atoms with E-state index in [0.717, 1.165) is 70.2 Å². The van der Waals surface area contributed by atoms with Gasteiger partial charge in [-0.15, -0.1) is 11.3 Å². The smallest absolute Gasteiger partial charge is 0.164 e. The zero-order valence-corrected chi connectivity index (χ0v) is 30.2. The number of fused-ring (bicyclic) bond motifs is 3. The number of hydrogen-bond donors (Lipinski definition) is 0.